The zero-order chi connectivity index (χ0) is 4.12. The second kappa shape index (κ2) is 2.99. The van der Waals surface area contributed by atoms with Crippen molar-refractivity contribution in [3.05, 3.63) is 24.8 Å². The Hall–Kier alpha value is -1.01. The molecule has 0 nitrogen and oxygen atoms in total. The molecule has 0 aliphatic carbocycles. The summed E-state index contributed by atoms with van der Waals surface area (Å²) in [5.74, 6) is 1.78. The molecule has 5 heavy (non-hydrogen) atoms. The molecule has 0 amide bonds. The Balaban J connectivity index is 3.46. The Morgan fingerprint density at radius 1 is 1.80 bits per heavy atom. The third-order valence-electron chi connectivity index (χ3n) is 0.135. The van der Waals surface area contributed by atoms with Crippen molar-refractivity contribution >= 4 is 0 Å². The van der Waals surface area contributed by atoms with Gasteiger partial charge in [-0.3, -0.25) is 0 Å². The molecule has 0 fully saturated rings. The van der Waals surface area contributed by atoms with Crippen LogP contribution in [0.25, 0.3) is 0 Å². The predicted octanol–water partition coefficient (Wildman–Crippen LogP) is 0.524. The van der Waals surface area contributed by atoms with Crippen LogP contribution in [0.3, 0.4) is 0 Å². The van der Waals surface area contributed by atoms with Crippen molar-refractivity contribution in [2.75, 3.05) is 0 Å². The third-order valence-corrected chi connectivity index (χ3v) is 0.135. The van der Waals surface area contributed by atoms with Crippen LogP contribution < -0.4 is 0 Å². The molecule has 0 spiro atoms. The first-order chi connectivity index (χ1) is 2.41. The van der Waals surface area contributed by atoms with Crippen LogP contribution in [0.5, 0.6) is 0 Å². The summed E-state index contributed by atoms with van der Waals surface area (Å²) in [4.78, 5) is 0. The van der Waals surface area contributed by atoms with E-state index in [-0.39, 0.29) is 0 Å². The standard InChI is InChI=1S/C5H/c1-3-5-4-2/h1H/q-1. The highest BCUT2D eigenvalue weighted by atomic mass is 13.4. The molecule has 0 heteroatoms. The van der Waals surface area contributed by atoms with Crippen molar-refractivity contribution in [2.45, 2.75) is 0 Å². The van der Waals surface area contributed by atoms with E-state index in [9.17, 15) is 0 Å². The maximum absolute atomic E-state index is 6.10. The second-order valence-corrected chi connectivity index (χ2v) is 0.394. The Morgan fingerprint density at radius 2 is 2.40 bits per heavy atom. The number of allylic oxidation sites excluding steroid dienone is 1. The van der Waals surface area contributed by atoms with Gasteiger partial charge in [0.2, 0.25) is 0 Å². The van der Waals surface area contributed by atoms with E-state index in [1.165, 1.54) is 0 Å². The van der Waals surface area contributed by atoms with Crippen molar-refractivity contribution < 1.29 is 0 Å². The fourth-order valence-corrected chi connectivity index (χ4v) is 0.0361. The van der Waals surface area contributed by atoms with E-state index in [1.54, 1.807) is 5.92 Å². The maximum Gasteiger partial charge on any atom is 0.0536 e. The highest BCUT2D eigenvalue weighted by Crippen LogP contribution is 1.45. The summed E-state index contributed by atoms with van der Waals surface area (Å²) in [6.07, 6.45) is 8.15. The smallest absolute Gasteiger partial charge is 0.0536 e. The number of hydrogen-bond acceptors (Lipinski definition) is 0. The molecule has 22 valence electrons. The minimum Gasteiger partial charge on any atom is -0.687 e. The lowest BCUT2D eigenvalue weighted by atomic mass is 10.6. The quantitative estimate of drug-likeness (QED) is 0.217. The first-order valence-electron chi connectivity index (χ1n) is 1.04. The van der Waals surface area contributed by atoms with E-state index in [4.69, 9.17) is 6.42 Å². The summed E-state index contributed by atoms with van der Waals surface area (Å²) in [6.45, 7) is 4.60. The lowest BCUT2D eigenvalue weighted by molar-refractivity contribution is 2.08. The molecule has 0 rings (SSSR count). The fraction of sp³-hybridized carbons (Fsp3) is 0. The monoisotopic (exact) mass is 61.0 g/mol. The molecule has 0 aliphatic heterocycles. The normalized spacial score (nSPS) is 3.60. The van der Waals surface area contributed by atoms with Gasteiger partial charge in [-0.2, -0.15) is 0 Å². The van der Waals surface area contributed by atoms with Crippen LogP contribution in [-0.4, -0.2) is 0 Å². The van der Waals surface area contributed by atoms with E-state index >= 15 is 0 Å². The van der Waals surface area contributed by atoms with E-state index in [2.05, 4.69) is 12.7 Å². The van der Waals surface area contributed by atoms with E-state index in [1.807, 2.05) is 5.73 Å². The van der Waals surface area contributed by atoms with Gasteiger partial charge in [0.15, 0.2) is 0 Å². The van der Waals surface area contributed by atoms with E-state index < -0.39 is 0 Å². The zero-order valence-corrected chi connectivity index (χ0v) is 2.58. The van der Waals surface area contributed by atoms with Gasteiger partial charge in [-0.15, -0.1) is 6.58 Å². The van der Waals surface area contributed by atoms with Gasteiger partial charge in [-0.25, -0.2) is 0 Å². The molecule has 0 aliphatic rings. The molecule has 0 atom stereocenters. The highest BCUT2D eigenvalue weighted by Gasteiger charge is 1.27. The average Bonchev–Trinajstić information content (AvgIpc) is 1.41. The van der Waals surface area contributed by atoms with Gasteiger partial charge in [0.1, 0.15) is 0 Å². The topological polar surface area (TPSA) is 0 Å². The molecular formula is C5H-. The summed E-state index contributed by atoms with van der Waals surface area (Å²) in [6, 6.07) is 0. The second-order valence-electron chi connectivity index (χ2n) is 0.394. The number of hydrogen-bond donors (Lipinski definition) is 0. The SMILES string of the molecule is [C-]#C[C-]=C=[CH+]. The lowest BCUT2D eigenvalue weighted by Gasteiger charge is -1.55. The molecule has 0 aromatic heterocycles. The summed E-state index contributed by atoms with van der Waals surface area (Å²) in [5.41, 5.74) is 1.97. The molecule has 0 radical (unpaired) electrons. The molecule has 0 unspecified atom stereocenters. The van der Waals surface area contributed by atoms with Crippen LogP contribution in [0.1, 0.15) is 0 Å². The minimum atomic E-state index is 1.78. The molecule has 0 heterocycles. The Morgan fingerprint density at radius 3 is 2.40 bits per heavy atom. The maximum atomic E-state index is 6.10. The van der Waals surface area contributed by atoms with Gasteiger partial charge in [-0.1, -0.05) is 5.73 Å². The van der Waals surface area contributed by atoms with Crippen LogP contribution in [0, 0.1) is 25.0 Å². The first-order valence-corrected chi connectivity index (χ1v) is 1.04. The highest BCUT2D eigenvalue weighted by molar-refractivity contribution is 4.91. The van der Waals surface area contributed by atoms with Crippen LogP contribution in [0.15, 0.2) is 5.73 Å². The molecule has 0 saturated carbocycles. The van der Waals surface area contributed by atoms with Gasteiger partial charge in [-0.05, 0) is 0 Å². The van der Waals surface area contributed by atoms with Crippen molar-refractivity contribution in [1.82, 2.24) is 0 Å². The van der Waals surface area contributed by atoms with Crippen LogP contribution in [-0.2, 0) is 0 Å². The van der Waals surface area contributed by atoms with Gasteiger partial charge in [0.05, 0.1) is 6.08 Å². The van der Waals surface area contributed by atoms with E-state index in [0.717, 1.165) is 0 Å². The molecule has 0 saturated heterocycles. The molecular weight excluding hydrogens is 60.1 g/mol. The van der Waals surface area contributed by atoms with Gasteiger partial charge < -0.3 is 12.3 Å². The van der Waals surface area contributed by atoms with Crippen molar-refractivity contribution in [1.29, 1.82) is 0 Å². The summed E-state index contributed by atoms with van der Waals surface area (Å²) in [7, 11) is 0. The molecule has 0 aromatic rings. The van der Waals surface area contributed by atoms with Gasteiger partial charge in [0, 0.05) is 0 Å². The average molecular weight is 61.1 g/mol. The van der Waals surface area contributed by atoms with Crippen LogP contribution in [0.4, 0.5) is 0 Å². The Bertz CT molecular complexity index is 87.1. The number of rotatable bonds is 0. The lowest BCUT2D eigenvalue weighted by Crippen LogP contribution is -1.31. The summed E-state index contributed by atoms with van der Waals surface area (Å²) in [5, 5.41) is 0. The molecule has 0 bridgehead atoms. The summed E-state index contributed by atoms with van der Waals surface area (Å²) < 4.78 is 0. The van der Waals surface area contributed by atoms with Crippen LogP contribution in [0.2, 0.25) is 0 Å². The molecule has 0 N–H and O–H groups in total. The third kappa shape index (κ3) is 2.99. The van der Waals surface area contributed by atoms with Gasteiger partial charge >= 0.3 is 0 Å². The summed E-state index contributed by atoms with van der Waals surface area (Å²) >= 11 is 0. The fourth-order valence-electron chi connectivity index (χ4n) is 0.0361. The van der Waals surface area contributed by atoms with Crippen LogP contribution >= 0.6 is 0 Å². The van der Waals surface area contributed by atoms with E-state index in [0.29, 0.717) is 0 Å². The molecule has 0 aromatic carbocycles. The zero-order valence-electron chi connectivity index (χ0n) is 2.58. The van der Waals surface area contributed by atoms with Crippen molar-refractivity contribution in [3.63, 3.8) is 0 Å². The van der Waals surface area contributed by atoms with Crippen molar-refractivity contribution in [3.8, 4) is 5.92 Å². The minimum absolute atomic E-state index is 1.78. The Labute approximate surface area is 31.8 Å². The first kappa shape index (κ1) is 3.99. The predicted molar refractivity (Wildman–Crippen MR) is 18.2 cm³/mol. The van der Waals surface area contributed by atoms with Crippen molar-refractivity contribution in [2.24, 2.45) is 0 Å². The largest absolute Gasteiger partial charge is 0.687 e. The van der Waals surface area contributed by atoms with Gasteiger partial charge in [0.25, 0.3) is 0 Å². The Kier molecular flexibility index (Phi) is 2.39.